The Hall–Kier alpha value is -3.31. The Morgan fingerprint density at radius 3 is 2.61 bits per heavy atom. The van der Waals surface area contributed by atoms with Crippen LogP contribution in [0.5, 0.6) is 5.75 Å². The van der Waals surface area contributed by atoms with Crippen LogP contribution in [-0.2, 0) is 9.59 Å². The lowest BCUT2D eigenvalue weighted by Gasteiger charge is -2.34. The maximum absolute atomic E-state index is 12.2. The molecule has 1 amide bonds. The van der Waals surface area contributed by atoms with Crippen LogP contribution in [0, 0.1) is 11.8 Å². The molecular weight excluding hydrogens is 498 g/mol. The molecule has 1 aliphatic carbocycles. The Morgan fingerprint density at radius 2 is 1.95 bits per heavy atom. The first kappa shape index (κ1) is 29.2. The van der Waals surface area contributed by atoms with Crippen molar-refractivity contribution in [3.8, 4) is 5.75 Å². The largest absolute Gasteiger partial charge is 0.497 e. The van der Waals surface area contributed by atoms with Gasteiger partial charge in [0.15, 0.2) is 0 Å². The van der Waals surface area contributed by atoms with Crippen LogP contribution in [0.2, 0.25) is 5.02 Å². The summed E-state index contributed by atoms with van der Waals surface area (Å²) in [6, 6.07) is 14.4. The van der Waals surface area contributed by atoms with Gasteiger partial charge in [-0.05, 0) is 83.4 Å². The summed E-state index contributed by atoms with van der Waals surface area (Å²) in [4.78, 5) is 22.9. The third-order valence-electron chi connectivity index (χ3n) is 7.08. The van der Waals surface area contributed by atoms with Gasteiger partial charge in [-0.2, -0.15) is 0 Å². The van der Waals surface area contributed by atoms with E-state index in [4.69, 9.17) is 21.4 Å². The van der Waals surface area contributed by atoms with Crippen LogP contribution in [0.1, 0.15) is 57.4 Å². The number of benzene rings is 2. The highest BCUT2D eigenvalue weighted by atomic mass is 35.5. The van der Waals surface area contributed by atoms with Crippen molar-refractivity contribution in [3.05, 3.63) is 87.3 Å². The maximum Gasteiger partial charge on any atom is 0.305 e. The van der Waals surface area contributed by atoms with Crippen molar-refractivity contribution < 1.29 is 19.4 Å². The first-order valence-corrected chi connectivity index (χ1v) is 13.7. The first-order chi connectivity index (χ1) is 18.4. The number of carboxylic acids is 1. The molecule has 0 heterocycles. The van der Waals surface area contributed by atoms with Gasteiger partial charge >= 0.3 is 5.97 Å². The Balaban J connectivity index is 1.92. The fourth-order valence-corrected chi connectivity index (χ4v) is 5.39. The molecule has 0 saturated carbocycles. The molecule has 2 N–H and O–H groups in total. The van der Waals surface area contributed by atoms with Crippen molar-refractivity contribution in [2.24, 2.45) is 11.8 Å². The van der Waals surface area contributed by atoms with Gasteiger partial charge in [0.1, 0.15) is 5.75 Å². The Morgan fingerprint density at radius 1 is 1.18 bits per heavy atom. The maximum atomic E-state index is 12.2. The van der Waals surface area contributed by atoms with Crippen LogP contribution in [0.4, 0.5) is 0 Å². The van der Waals surface area contributed by atoms with Gasteiger partial charge in [0.2, 0.25) is 5.91 Å². The van der Waals surface area contributed by atoms with Gasteiger partial charge in [-0.3, -0.25) is 9.59 Å². The molecule has 2 aromatic carbocycles. The van der Waals surface area contributed by atoms with Crippen molar-refractivity contribution in [3.63, 3.8) is 0 Å². The predicted molar refractivity (Wildman–Crippen MR) is 155 cm³/mol. The van der Waals surface area contributed by atoms with E-state index in [0.717, 1.165) is 30.0 Å². The van der Waals surface area contributed by atoms with E-state index in [9.17, 15) is 9.59 Å². The van der Waals surface area contributed by atoms with E-state index >= 15 is 0 Å². The lowest BCUT2D eigenvalue weighted by atomic mass is 9.69. The number of aliphatic carboxylic acids is 1. The number of carboxylic acid groups (broad SMARTS) is 1. The average Bonchev–Trinajstić information content (AvgIpc) is 2.91. The molecular formula is C32H38ClNO4. The molecule has 2 aromatic rings. The molecule has 0 bridgehead atoms. The molecule has 3 rings (SSSR count). The van der Waals surface area contributed by atoms with Crippen LogP contribution in [-0.4, -0.2) is 30.6 Å². The standard InChI is InChI=1S/C32H38ClNO4/c1-4-7-29(22(5-2)8-6-9-30(35)34-19-18-31(36)37)32(23-12-15-27(33)16-13-23)26-11-10-25-21-28(38-3)17-14-24(25)20-26/h5-6,8,10,12-17,20-21,26,29,32H,4,7,9,11,18-19H2,1-3H3,(H,34,35)(H,36,37). The number of carbonyl (C=O) groups is 2. The van der Waals surface area contributed by atoms with E-state index in [0.29, 0.717) is 0 Å². The van der Waals surface area contributed by atoms with Crippen LogP contribution in [0.25, 0.3) is 12.2 Å². The zero-order valence-electron chi connectivity index (χ0n) is 22.5. The van der Waals surface area contributed by atoms with Crippen LogP contribution >= 0.6 is 11.6 Å². The number of fused-ring (bicyclic) bond motifs is 1. The highest BCUT2D eigenvalue weighted by Gasteiger charge is 2.31. The van der Waals surface area contributed by atoms with Crippen LogP contribution < -0.4 is 20.5 Å². The molecule has 0 aromatic heterocycles. The van der Waals surface area contributed by atoms with Crippen molar-refractivity contribution in [1.82, 2.24) is 5.32 Å². The predicted octanol–water partition coefficient (Wildman–Crippen LogP) is 5.61. The molecule has 0 aliphatic heterocycles. The Labute approximate surface area is 230 Å². The molecule has 5 nitrogen and oxygen atoms in total. The minimum absolute atomic E-state index is 0.0816. The monoisotopic (exact) mass is 535 g/mol. The summed E-state index contributed by atoms with van der Waals surface area (Å²) in [5, 5.41) is 14.6. The highest BCUT2D eigenvalue weighted by Crippen LogP contribution is 2.42. The third kappa shape index (κ3) is 8.09. The van der Waals surface area contributed by atoms with Crippen molar-refractivity contribution >= 4 is 35.6 Å². The summed E-state index contributed by atoms with van der Waals surface area (Å²) < 4.78 is 5.42. The van der Waals surface area contributed by atoms with Gasteiger partial charge < -0.3 is 15.2 Å². The minimum atomic E-state index is -0.925. The number of methoxy groups -OCH3 is 1. The van der Waals surface area contributed by atoms with E-state index in [1.807, 2.05) is 31.2 Å². The molecule has 202 valence electrons. The molecule has 0 saturated heterocycles. The summed E-state index contributed by atoms with van der Waals surface area (Å²) in [5.74, 6) is 0.508. The lowest BCUT2D eigenvalue weighted by molar-refractivity contribution is -0.136. The minimum Gasteiger partial charge on any atom is -0.497 e. The molecule has 6 heteroatoms. The Bertz CT molecular complexity index is 1280. The molecule has 1 aliphatic rings. The number of nitrogens with one attached hydrogen (secondary N) is 1. The number of rotatable bonds is 13. The van der Waals surface area contributed by atoms with Crippen molar-refractivity contribution in [2.75, 3.05) is 13.7 Å². The van der Waals surface area contributed by atoms with Crippen LogP contribution in [0.15, 0.2) is 66.3 Å². The van der Waals surface area contributed by atoms with Gasteiger partial charge in [-0.15, -0.1) is 0 Å². The topological polar surface area (TPSA) is 75.6 Å². The summed E-state index contributed by atoms with van der Waals surface area (Å²) in [6.45, 7) is 4.39. The molecule has 0 fully saturated rings. The highest BCUT2D eigenvalue weighted by molar-refractivity contribution is 6.30. The van der Waals surface area contributed by atoms with Crippen LogP contribution in [0.3, 0.4) is 0 Å². The second-order valence-corrected chi connectivity index (χ2v) is 10.1. The normalized spacial score (nSPS) is 16.6. The molecule has 0 spiro atoms. The second kappa shape index (κ2) is 14.6. The number of hydrogen-bond acceptors (Lipinski definition) is 3. The number of ether oxygens (including phenoxy) is 1. The van der Waals surface area contributed by atoms with Gasteiger partial charge in [-0.25, -0.2) is 0 Å². The fourth-order valence-electron chi connectivity index (χ4n) is 5.26. The van der Waals surface area contributed by atoms with Crippen molar-refractivity contribution in [1.29, 1.82) is 0 Å². The zero-order chi connectivity index (χ0) is 27.5. The quantitative estimate of drug-likeness (QED) is 0.327. The van der Waals surface area contributed by atoms with E-state index < -0.39 is 5.97 Å². The number of hydrogen-bond donors (Lipinski definition) is 2. The van der Waals surface area contributed by atoms with E-state index in [-0.39, 0.29) is 43.0 Å². The van der Waals surface area contributed by atoms with Gasteiger partial charge in [0.25, 0.3) is 0 Å². The van der Waals surface area contributed by atoms with Gasteiger partial charge in [0.05, 0.1) is 13.5 Å². The third-order valence-corrected chi connectivity index (χ3v) is 7.33. The SMILES string of the molecule is CC=C(C=CCC(=O)NCCC(=O)O)C(CCC)C(c1ccc(Cl)cc1)C1C=c2ccc(OC)cc2=CC1. The van der Waals surface area contributed by atoms with Crippen molar-refractivity contribution in [2.45, 2.75) is 51.9 Å². The molecule has 3 atom stereocenters. The van der Waals surface area contributed by atoms with Gasteiger partial charge in [0, 0.05) is 18.0 Å². The van der Waals surface area contributed by atoms with Gasteiger partial charge in [-0.1, -0.05) is 73.5 Å². The summed E-state index contributed by atoms with van der Waals surface area (Å²) in [5.41, 5.74) is 2.44. The second-order valence-electron chi connectivity index (χ2n) is 9.63. The van der Waals surface area contributed by atoms with E-state index in [2.05, 4.69) is 60.8 Å². The number of allylic oxidation sites excluding steroid dienone is 3. The number of carbonyl (C=O) groups excluding carboxylic acids is 1. The average molecular weight is 536 g/mol. The molecule has 38 heavy (non-hydrogen) atoms. The number of halogens is 1. The Kier molecular flexibility index (Phi) is 11.2. The molecule has 3 unspecified atom stereocenters. The number of amides is 1. The van der Waals surface area contributed by atoms with E-state index in [1.165, 1.54) is 21.6 Å². The van der Waals surface area contributed by atoms with E-state index in [1.54, 1.807) is 7.11 Å². The summed E-state index contributed by atoms with van der Waals surface area (Å²) in [7, 11) is 1.69. The summed E-state index contributed by atoms with van der Waals surface area (Å²) in [6.07, 6.45) is 13.9. The fraction of sp³-hybridized carbons (Fsp3) is 0.375. The molecule has 0 radical (unpaired) electrons. The smallest absolute Gasteiger partial charge is 0.305 e. The first-order valence-electron chi connectivity index (χ1n) is 13.3. The summed E-state index contributed by atoms with van der Waals surface area (Å²) >= 11 is 6.26. The lowest BCUT2D eigenvalue weighted by Crippen LogP contribution is -2.32. The zero-order valence-corrected chi connectivity index (χ0v) is 23.2.